The highest BCUT2D eigenvalue weighted by molar-refractivity contribution is 9.10. The molecule has 0 aromatic heterocycles. The molecule has 0 spiro atoms. The van der Waals surface area contributed by atoms with Gasteiger partial charge in [0.05, 0.1) is 21.2 Å². The molecular formula is C23H10BrCl4NO4. The first-order valence-corrected chi connectivity index (χ1v) is 11.5. The molecular weight excluding hydrogens is 576 g/mol. The van der Waals surface area contributed by atoms with Crippen molar-refractivity contribution in [3.05, 3.63) is 102 Å². The Morgan fingerprint density at radius 2 is 1.64 bits per heavy atom. The smallest absolute Gasteiger partial charge is 0.363 e. The molecule has 1 aliphatic rings. The van der Waals surface area contributed by atoms with Crippen molar-refractivity contribution in [1.29, 1.82) is 0 Å². The summed E-state index contributed by atoms with van der Waals surface area (Å²) in [5.41, 5.74) is 0.953. The summed E-state index contributed by atoms with van der Waals surface area (Å²) >= 11 is 27.5. The summed E-state index contributed by atoms with van der Waals surface area (Å²) in [6.45, 7) is 0. The van der Waals surface area contributed by atoms with Crippen molar-refractivity contribution in [2.24, 2.45) is 4.99 Å². The van der Waals surface area contributed by atoms with E-state index in [-0.39, 0.29) is 33.0 Å². The molecule has 0 amide bonds. The van der Waals surface area contributed by atoms with Crippen molar-refractivity contribution in [1.82, 2.24) is 0 Å². The number of hydrogen-bond donors (Lipinski definition) is 0. The van der Waals surface area contributed by atoms with E-state index in [1.807, 2.05) is 0 Å². The van der Waals surface area contributed by atoms with E-state index in [2.05, 4.69) is 20.9 Å². The first-order valence-electron chi connectivity index (χ1n) is 9.16. The average Bonchev–Trinajstić information content (AvgIpc) is 3.09. The molecule has 4 rings (SSSR count). The first kappa shape index (κ1) is 23.8. The number of nitrogens with zero attached hydrogens (tertiary/aromatic N) is 1. The highest BCUT2D eigenvalue weighted by Crippen LogP contribution is 2.31. The Balaban J connectivity index is 1.68. The molecule has 0 fully saturated rings. The number of carbonyl (C=O) groups excluding carboxylic acids is 2. The van der Waals surface area contributed by atoms with Gasteiger partial charge in [0.1, 0.15) is 5.75 Å². The Morgan fingerprint density at radius 1 is 0.939 bits per heavy atom. The molecule has 1 aliphatic heterocycles. The molecule has 3 aromatic rings. The fourth-order valence-electron chi connectivity index (χ4n) is 2.87. The lowest BCUT2D eigenvalue weighted by atomic mass is 10.1. The Labute approximate surface area is 216 Å². The third kappa shape index (κ3) is 5.42. The number of benzene rings is 3. The largest absolute Gasteiger partial charge is 0.422 e. The maximum Gasteiger partial charge on any atom is 0.363 e. The van der Waals surface area contributed by atoms with Crippen molar-refractivity contribution in [2.45, 2.75) is 0 Å². The summed E-state index contributed by atoms with van der Waals surface area (Å²) in [7, 11) is 0. The van der Waals surface area contributed by atoms with Crippen LogP contribution >= 0.6 is 62.3 Å². The van der Waals surface area contributed by atoms with Gasteiger partial charge in [0, 0.05) is 20.1 Å². The lowest BCUT2D eigenvalue weighted by Gasteiger charge is -2.09. The van der Waals surface area contributed by atoms with Crippen LogP contribution in [0.5, 0.6) is 5.75 Å². The molecule has 0 radical (unpaired) electrons. The van der Waals surface area contributed by atoms with Crippen LogP contribution in [0.3, 0.4) is 0 Å². The molecule has 0 bridgehead atoms. The van der Waals surface area contributed by atoms with Gasteiger partial charge in [0.15, 0.2) is 5.70 Å². The number of carbonyl (C=O) groups is 2. The second-order valence-corrected chi connectivity index (χ2v) is 9.26. The molecule has 3 aromatic carbocycles. The van der Waals surface area contributed by atoms with Gasteiger partial charge in [0.2, 0.25) is 5.90 Å². The van der Waals surface area contributed by atoms with E-state index in [9.17, 15) is 9.59 Å². The van der Waals surface area contributed by atoms with Crippen molar-refractivity contribution in [3.63, 3.8) is 0 Å². The maximum absolute atomic E-state index is 12.7. The van der Waals surface area contributed by atoms with Crippen molar-refractivity contribution in [3.8, 4) is 5.75 Å². The van der Waals surface area contributed by atoms with Crippen LogP contribution in [0.15, 0.2) is 69.8 Å². The number of hydrogen-bond acceptors (Lipinski definition) is 5. The average molecular weight is 586 g/mol. The molecule has 0 unspecified atom stereocenters. The maximum atomic E-state index is 12.7. The summed E-state index contributed by atoms with van der Waals surface area (Å²) in [5, 5.41) is 1.26. The molecule has 0 aliphatic carbocycles. The Bertz CT molecular complexity index is 1370. The molecule has 1 heterocycles. The SMILES string of the molecule is O=C1OC(c2ccc(Cl)cc2Cl)=N/C1=C/c1cc(Br)ccc1OC(=O)c1ccc(Cl)cc1Cl. The predicted molar refractivity (Wildman–Crippen MR) is 133 cm³/mol. The van der Waals surface area contributed by atoms with Gasteiger partial charge in [-0.3, -0.25) is 0 Å². The van der Waals surface area contributed by atoms with E-state index < -0.39 is 11.9 Å². The van der Waals surface area contributed by atoms with Gasteiger partial charge < -0.3 is 9.47 Å². The first-order chi connectivity index (χ1) is 15.7. The Hall–Kier alpha value is -2.35. The van der Waals surface area contributed by atoms with E-state index in [0.29, 0.717) is 25.6 Å². The third-order valence-electron chi connectivity index (χ3n) is 4.40. The van der Waals surface area contributed by atoms with Gasteiger partial charge >= 0.3 is 11.9 Å². The van der Waals surface area contributed by atoms with E-state index in [1.165, 1.54) is 30.3 Å². The van der Waals surface area contributed by atoms with E-state index in [1.54, 1.807) is 30.3 Å². The van der Waals surface area contributed by atoms with Gasteiger partial charge in [-0.05, 0) is 60.7 Å². The van der Waals surface area contributed by atoms with E-state index in [0.717, 1.165) is 0 Å². The van der Waals surface area contributed by atoms with Crippen LogP contribution in [0.25, 0.3) is 6.08 Å². The van der Waals surface area contributed by atoms with Crippen molar-refractivity contribution < 1.29 is 19.1 Å². The van der Waals surface area contributed by atoms with E-state index >= 15 is 0 Å². The number of halogens is 5. The zero-order chi connectivity index (χ0) is 23.7. The lowest BCUT2D eigenvalue weighted by molar-refractivity contribution is -0.129. The second kappa shape index (κ2) is 9.87. The number of ether oxygens (including phenoxy) is 2. The molecule has 0 saturated carbocycles. The minimum atomic E-state index is -0.690. The molecule has 0 saturated heterocycles. The van der Waals surface area contributed by atoms with Crippen molar-refractivity contribution in [2.75, 3.05) is 0 Å². The van der Waals surface area contributed by atoms with Gasteiger partial charge in [-0.1, -0.05) is 62.3 Å². The highest BCUT2D eigenvalue weighted by atomic mass is 79.9. The minimum Gasteiger partial charge on any atom is -0.422 e. The van der Waals surface area contributed by atoms with Crippen LogP contribution < -0.4 is 4.74 Å². The van der Waals surface area contributed by atoms with Gasteiger partial charge in [-0.25, -0.2) is 14.6 Å². The molecule has 166 valence electrons. The number of esters is 2. The van der Waals surface area contributed by atoms with Gasteiger partial charge in [-0.15, -0.1) is 0 Å². The lowest BCUT2D eigenvalue weighted by Crippen LogP contribution is -2.10. The van der Waals surface area contributed by atoms with Crippen LogP contribution in [0.2, 0.25) is 20.1 Å². The third-order valence-corrected chi connectivity index (χ3v) is 5.99. The fourth-order valence-corrected chi connectivity index (χ4v) is 4.22. The topological polar surface area (TPSA) is 65.0 Å². The van der Waals surface area contributed by atoms with Crippen LogP contribution in [-0.2, 0) is 9.53 Å². The summed E-state index contributed by atoms with van der Waals surface area (Å²) in [4.78, 5) is 29.3. The van der Waals surface area contributed by atoms with Crippen LogP contribution in [-0.4, -0.2) is 17.8 Å². The Kier molecular flexibility index (Phi) is 7.12. The monoisotopic (exact) mass is 583 g/mol. The molecule has 33 heavy (non-hydrogen) atoms. The van der Waals surface area contributed by atoms with Crippen LogP contribution in [0.4, 0.5) is 0 Å². The molecule has 10 heteroatoms. The van der Waals surface area contributed by atoms with Crippen LogP contribution in [0.1, 0.15) is 21.5 Å². The number of rotatable bonds is 4. The van der Waals surface area contributed by atoms with Gasteiger partial charge in [-0.2, -0.15) is 0 Å². The molecule has 0 atom stereocenters. The van der Waals surface area contributed by atoms with E-state index in [4.69, 9.17) is 55.9 Å². The summed E-state index contributed by atoms with van der Waals surface area (Å²) in [6, 6.07) is 14.1. The zero-order valence-electron chi connectivity index (χ0n) is 16.2. The summed E-state index contributed by atoms with van der Waals surface area (Å²) < 4.78 is 11.5. The predicted octanol–water partition coefficient (Wildman–Crippen LogP) is 7.63. The second-order valence-electron chi connectivity index (χ2n) is 6.66. The summed E-state index contributed by atoms with van der Waals surface area (Å²) in [5.74, 6) is -1.16. The van der Waals surface area contributed by atoms with Crippen LogP contribution in [0, 0.1) is 0 Å². The zero-order valence-corrected chi connectivity index (χ0v) is 20.9. The van der Waals surface area contributed by atoms with Crippen molar-refractivity contribution >= 4 is 86.2 Å². The number of cyclic esters (lactones) is 1. The normalized spacial score (nSPS) is 14.3. The highest BCUT2D eigenvalue weighted by Gasteiger charge is 2.26. The quantitative estimate of drug-likeness (QED) is 0.179. The molecule has 5 nitrogen and oxygen atoms in total. The summed E-state index contributed by atoms with van der Waals surface area (Å²) in [6.07, 6.45) is 1.44. The minimum absolute atomic E-state index is 0.00376. The van der Waals surface area contributed by atoms with Gasteiger partial charge in [0.25, 0.3) is 0 Å². The number of aliphatic imine (C=N–C) groups is 1. The standard InChI is InChI=1S/C23H10BrCl4NO4/c24-12-1-6-20(32-22(30)16-5-3-14(26)10-18(16)28)11(7-12)8-19-23(31)33-21(29-19)15-4-2-13(25)9-17(15)27/h1-10H/b19-8+. The Morgan fingerprint density at radius 3 is 2.33 bits per heavy atom. The molecule has 0 N–H and O–H groups in total. The fraction of sp³-hybridized carbons (Fsp3) is 0.